The standard InChI is InChI=1S/C20H21F2NO2/c1-23(19(25)12-18(24)15-3-2-4-17(22)11-15)20(13-5-6-13)14-7-9-16(21)10-8-14/h2-4,7-11,13,18,20,24H,5-6,12H2,1H3. The first-order valence-electron chi connectivity index (χ1n) is 8.40. The zero-order valence-electron chi connectivity index (χ0n) is 14.0. The Kier molecular flexibility index (Phi) is 5.13. The third kappa shape index (κ3) is 4.23. The summed E-state index contributed by atoms with van der Waals surface area (Å²) in [5, 5.41) is 10.2. The van der Waals surface area contributed by atoms with Gasteiger partial charge in [0.25, 0.3) is 0 Å². The highest BCUT2D eigenvalue weighted by Gasteiger charge is 2.37. The van der Waals surface area contributed by atoms with Gasteiger partial charge in [0.05, 0.1) is 18.6 Å². The Morgan fingerprint density at radius 1 is 1.12 bits per heavy atom. The van der Waals surface area contributed by atoms with Gasteiger partial charge in [-0.2, -0.15) is 0 Å². The van der Waals surface area contributed by atoms with Gasteiger partial charge in [-0.25, -0.2) is 8.78 Å². The van der Waals surface area contributed by atoms with E-state index in [-0.39, 0.29) is 24.2 Å². The molecule has 5 heteroatoms. The predicted molar refractivity (Wildman–Crippen MR) is 90.6 cm³/mol. The van der Waals surface area contributed by atoms with Crippen molar-refractivity contribution in [3.8, 4) is 0 Å². The van der Waals surface area contributed by atoms with Crippen LogP contribution in [0, 0.1) is 17.6 Å². The van der Waals surface area contributed by atoms with Gasteiger partial charge in [0.15, 0.2) is 0 Å². The number of amides is 1. The summed E-state index contributed by atoms with van der Waals surface area (Å²) in [5.74, 6) is -0.628. The first kappa shape index (κ1) is 17.5. The van der Waals surface area contributed by atoms with Crippen LogP contribution < -0.4 is 0 Å². The molecule has 2 atom stereocenters. The molecular formula is C20H21F2NO2. The molecule has 0 radical (unpaired) electrons. The van der Waals surface area contributed by atoms with E-state index in [0.717, 1.165) is 18.4 Å². The average molecular weight is 345 g/mol. The lowest BCUT2D eigenvalue weighted by molar-refractivity contribution is -0.134. The van der Waals surface area contributed by atoms with Crippen LogP contribution in [-0.4, -0.2) is 23.0 Å². The summed E-state index contributed by atoms with van der Waals surface area (Å²) in [6.45, 7) is 0. The molecule has 1 aliphatic carbocycles. The smallest absolute Gasteiger partial charge is 0.225 e. The molecule has 1 aliphatic rings. The first-order chi connectivity index (χ1) is 12.0. The van der Waals surface area contributed by atoms with Gasteiger partial charge in [-0.05, 0) is 54.2 Å². The van der Waals surface area contributed by atoms with Crippen LogP contribution in [0.3, 0.4) is 0 Å². The highest BCUT2D eigenvalue weighted by Crippen LogP contribution is 2.44. The summed E-state index contributed by atoms with van der Waals surface area (Å²) < 4.78 is 26.5. The summed E-state index contributed by atoms with van der Waals surface area (Å²) >= 11 is 0. The van der Waals surface area contributed by atoms with Crippen LogP contribution in [0.15, 0.2) is 48.5 Å². The Labute approximate surface area is 145 Å². The van der Waals surface area contributed by atoms with E-state index in [9.17, 15) is 18.7 Å². The zero-order chi connectivity index (χ0) is 18.0. The molecule has 0 bridgehead atoms. The molecule has 132 valence electrons. The minimum Gasteiger partial charge on any atom is -0.388 e. The number of carbonyl (C=O) groups excluding carboxylic acids is 1. The third-order valence-corrected chi connectivity index (χ3v) is 4.69. The second-order valence-corrected chi connectivity index (χ2v) is 6.61. The Hall–Kier alpha value is -2.27. The summed E-state index contributed by atoms with van der Waals surface area (Å²) in [5.41, 5.74) is 1.27. The summed E-state index contributed by atoms with van der Waals surface area (Å²) in [6.07, 6.45) is 0.863. The summed E-state index contributed by atoms with van der Waals surface area (Å²) in [4.78, 5) is 14.2. The third-order valence-electron chi connectivity index (χ3n) is 4.69. The van der Waals surface area contributed by atoms with E-state index in [0.29, 0.717) is 11.5 Å². The zero-order valence-corrected chi connectivity index (χ0v) is 14.0. The Morgan fingerprint density at radius 2 is 1.80 bits per heavy atom. The molecule has 0 aromatic heterocycles. The summed E-state index contributed by atoms with van der Waals surface area (Å²) in [6, 6.07) is 11.7. The SMILES string of the molecule is CN(C(=O)CC(O)c1cccc(F)c1)C(c1ccc(F)cc1)C1CC1. The van der Waals surface area contributed by atoms with Crippen molar-refractivity contribution in [3.63, 3.8) is 0 Å². The highest BCUT2D eigenvalue weighted by molar-refractivity contribution is 5.77. The number of aliphatic hydroxyl groups excluding tert-OH is 1. The lowest BCUT2D eigenvalue weighted by Gasteiger charge is -2.29. The molecule has 0 heterocycles. The van der Waals surface area contributed by atoms with E-state index in [1.54, 1.807) is 30.1 Å². The van der Waals surface area contributed by atoms with Crippen LogP contribution in [0.2, 0.25) is 0 Å². The van der Waals surface area contributed by atoms with Gasteiger partial charge in [0, 0.05) is 7.05 Å². The van der Waals surface area contributed by atoms with E-state index in [4.69, 9.17) is 0 Å². The van der Waals surface area contributed by atoms with Gasteiger partial charge in [-0.15, -0.1) is 0 Å². The minimum atomic E-state index is -1.06. The van der Waals surface area contributed by atoms with E-state index in [1.807, 2.05) is 0 Å². The van der Waals surface area contributed by atoms with Gasteiger partial charge >= 0.3 is 0 Å². The second kappa shape index (κ2) is 7.31. The molecule has 1 fully saturated rings. The topological polar surface area (TPSA) is 40.5 Å². The van der Waals surface area contributed by atoms with Crippen LogP contribution in [-0.2, 0) is 4.79 Å². The lowest BCUT2D eigenvalue weighted by Crippen LogP contribution is -2.33. The van der Waals surface area contributed by atoms with Crippen LogP contribution in [0.1, 0.15) is 42.5 Å². The van der Waals surface area contributed by atoms with E-state index in [2.05, 4.69) is 0 Å². The van der Waals surface area contributed by atoms with Gasteiger partial charge in [-0.1, -0.05) is 24.3 Å². The molecule has 25 heavy (non-hydrogen) atoms. The number of benzene rings is 2. The molecule has 1 amide bonds. The molecule has 3 nitrogen and oxygen atoms in total. The maximum absolute atomic E-state index is 13.3. The van der Waals surface area contributed by atoms with Crippen molar-refractivity contribution in [2.24, 2.45) is 5.92 Å². The molecule has 1 saturated carbocycles. The van der Waals surface area contributed by atoms with Gasteiger partial charge in [0.1, 0.15) is 11.6 Å². The maximum Gasteiger partial charge on any atom is 0.225 e. The predicted octanol–water partition coefficient (Wildman–Crippen LogP) is 4.00. The van der Waals surface area contributed by atoms with Crippen LogP contribution in [0.25, 0.3) is 0 Å². The highest BCUT2D eigenvalue weighted by atomic mass is 19.1. The van der Waals surface area contributed by atoms with Crippen molar-refractivity contribution < 1.29 is 18.7 Å². The molecule has 2 aromatic rings. The van der Waals surface area contributed by atoms with Crippen LogP contribution in [0.5, 0.6) is 0 Å². The Bertz CT molecular complexity index is 744. The fourth-order valence-corrected chi connectivity index (χ4v) is 3.18. The molecule has 0 spiro atoms. The Balaban J connectivity index is 1.72. The molecule has 2 unspecified atom stereocenters. The van der Waals surface area contributed by atoms with Crippen molar-refractivity contribution in [1.29, 1.82) is 0 Å². The van der Waals surface area contributed by atoms with Crippen LogP contribution in [0.4, 0.5) is 8.78 Å². The average Bonchev–Trinajstić information content (AvgIpc) is 3.41. The van der Waals surface area contributed by atoms with Crippen LogP contribution >= 0.6 is 0 Å². The second-order valence-electron chi connectivity index (χ2n) is 6.61. The number of aliphatic hydroxyl groups is 1. The van der Waals surface area contributed by atoms with Crippen molar-refractivity contribution >= 4 is 5.91 Å². The normalized spacial score (nSPS) is 16.3. The molecule has 1 N–H and O–H groups in total. The lowest BCUT2D eigenvalue weighted by atomic mass is 9.99. The number of nitrogens with zero attached hydrogens (tertiary/aromatic N) is 1. The molecule has 2 aromatic carbocycles. The fourth-order valence-electron chi connectivity index (χ4n) is 3.18. The molecular weight excluding hydrogens is 324 g/mol. The minimum absolute atomic E-state index is 0.121. The van der Waals surface area contributed by atoms with Gasteiger partial charge in [-0.3, -0.25) is 4.79 Å². The number of halogens is 2. The van der Waals surface area contributed by atoms with E-state index >= 15 is 0 Å². The van der Waals surface area contributed by atoms with Gasteiger partial charge < -0.3 is 10.0 Å². The van der Waals surface area contributed by atoms with Gasteiger partial charge in [0.2, 0.25) is 5.91 Å². The quantitative estimate of drug-likeness (QED) is 0.860. The fraction of sp³-hybridized carbons (Fsp3) is 0.350. The number of rotatable bonds is 6. The summed E-state index contributed by atoms with van der Waals surface area (Å²) in [7, 11) is 1.70. The maximum atomic E-state index is 13.3. The number of carbonyl (C=O) groups is 1. The number of hydrogen-bond acceptors (Lipinski definition) is 2. The van der Waals surface area contributed by atoms with Crippen molar-refractivity contribution in [2.45, 2.75) is 31.4 Å². The first-order valence-corrected chi connectivity index (χ1v) is 8.40. The largest absolute Gasteiger partial charge is 0.388 e. The van der Waals surface area contributed by atoms with E-state index < -0.39 is 11.9 Å². The van der Waals surface area contributed by atoms with Crippen molar-refractivity contribution in [3.05, 3.63) is 71.3 Å². The molecule has 0 saturated heterocycles. The monoisotopic (exact) mass is 345 g/mol. The van der Waals surface area contributed by atoms with E-state index in [1.165, 1.54) is 30.3 Å². The van der Waals surface area contributed by atoms with Crippen molar-refractivity contribution in [2.75, 3.05) is 7.05 Å². The Morgan fingerprint density at radius 3 is 2.40 bits per heavy atom. The molecule has 0 aliphatic heterocycles. The number of hydrogen-bond donors (Lipinski definition) is 1. The van der Waals surface area contributed by atoms with Crippen molar-refractivity contribution in [1.82, 2.24) is 4.90 Å². The molecule has 3 rings (SSSR count).